The summed E-state index contributed by atoms with van der Waals surface area (Å²) < 4.78 is 16.1. The molecule has 0 atom stereocenters. The van der Waals surface area contributed by atoms with E-state index in [1.54, 1.807) is 32.4 Å². The fraction of sp³-hybridized carbons (Fsp3) is 0.350. The predicted octanol–water partition coefficient (Wildman–Crippen LogP) is 2.80. The number of hydrogen-bond acceptors (Lipinski definition) is 5. The van der Waals surface area contributed by atoms with E-state index in [1.807, 2.05) is 24.3 Å². The van der Waals surface area contributed by atoms with Gasteiger partial charge in [-0.2, -0.15) is 0 Å². The highest BCUT2D eigenvalue weighted by atomic mass is 16.5. The SMILES string of the molecule is COc1cc(OC)cc(OCCCNC(=O)CCc2ccccc2N)c1. The van der Waals surface area contributed by atoms with Crippen LogP contribution in [0.4, 0.5) is 5.69 Å². The van der Waals surface area contributed by atoms with Crippen LogP contribution in [0, 0.1) is 0 Å². The third-order valence-corrected chi connectivity index (χ3v) is 3.91. The molecule has 2 aromatic rings. The maximum Gasteiger partial charge on any atom is 0.220 e. The Morgan fingerprint density at radius 2 is 1.69 bits per heavy atom. The van der Waals surface area contributed by atoms with Crippen LogP contribution in [0.3, 0.4) is 0 Å². The maximum absolute atomic E-state index is 11.9. The normalized spacial score (nSPS) is 10.2. The maximum atomic E-state index is 11.9. The molecule has 0 heterocycles. The van der Waals surface area contributed by atoms with Gasteiger partial charge in [-0.05, 0) is 24.5 Å². The lowest BCUT2D eigenvalue weighted by atomic mass is 10.1. The number of ether oxygens (including phenoxy) is 3. The Labute approximate surface area is 154 Å². The van der Waals surface area contributed by atoms with Gasteiger partial charge in [0.2, 0.25) is 5.91 Å². The number of nitrogens with one attached hydrogen (secondary N) is 1. The van der Waals surface area contributed by atoms with Crippen LogP contribution in [0.25, 0.3) is 0 Å². The molecule has 1 amide bonds. The van der Waals surface area contributed by atoms with Crippen molar-refractivity contribution in [2.24, 2.45) is 0 Å². The minimum Gasteiger partial charge on any atom is -0.496 e. The summed E-state index contributed by atoms with van der Waals surface area (Å²) in [6, 6.07) is 13.0. The van der Waals surface area contributed by atoms with Gasteiger partial charge in [0.05, 0.1) is 20.8 Å². The fourth-order valence-electron chi connectivity index (χ4n) is 2.45. The van der Waals surface area contributed by atoms with Crippen LogP contribution < -0.4 is 25.3 Å². The van der Waals surface area contributed by atoms with Crippen molar-refractivity contribution in [3.8, 4) is 17.2 Å². The molecule has 0 aliphatic heterocycles. The van der Waals surface area contributed by atoms with E-state index in [4.69, 9.17) is 19.9 Å². The van der Waals surface area contributed by atoms with E-state index < -0.39 is 0 Å². The Bertz CT molecular complexity index is 696. The number of hydrogen-bond donors (Lipinski definition) is 2. The second-order valence-corrected chi connectivity index (χ2v) is 5.80. The van der Waals surface area contributed by atoms with Gasteiger partial charge in [0.1, 0.15) is 17.2 Å². The van der Waals surface area contributed by atoms with Gasteiger partial charge in [0.25, 0.3) is 0 Å². The van der Waals surface area contributed by atoms with Gasteiger partial charge in [0.15, 0.2) is 0 Å². The lowest BCUT2D eigenvalue weighted by molar-refractivity contribution is -0.121. The molecule has 6 heteroatoms. The topological polar surface area (TPSA) is 82.8 Å². The molecule has 140 valence electrons. The van der Waals surface area contributed by atoms with E-state index in [9.17, 15) is 4.79 Å². The molecule has 0 saturated carbocycles. The molecular weight excluding hydrogens is 332 g/mol. The van der Waals surface area contributed by atoms with Gasteiger partial charge >= 0.3 is 0 Å². The summed E-state index contributed by atoms with van der Waals surface area (Å²) in [6.07, 6.45) is 1.76. The largest absolute Gasteiger partial charge is 0.496 e. The van der Waals surface area contributed by atoms with E-state index in [0.717, 1.165) is 11.3 Å². The molecule has 0 aliphatic carbocycles. The monoisotopic (exact) mass is 358 g/mol. The van der Waals surface area contributed by atoms with E-state index in [2.05, 4.69) is 5.32 Å². The number of nitrogens with two attached hydrogens (primary N) is 1. The van der Waals surface area contributed by atoms with Crippen molar-refractivity contribution in [1.82, 2.24) is 5.32 Å². The van der Waals surface area contributed by atoms with Crippen LogP contribution in [0.1, 0.15) is 18.4 Å². The molecule has 0 aliphatic rings. The molecular formula is C20H26N2O4. The summed E-state index contributed by atoms with van der Waals surface area (Å²) in [5.41, 5.74) is 7.60. The minimum atomic E-state index is 0.0105. The second kappa shape index (κ2) is 10.2. The van der Waals surface area contributed by atoms with Crippen LogP contribution >= 0.6 is 0 Å². The standard InChI is InChI=1S/C20H26N2O4/c1-24-16-12-17(25-2)14-18(13-16)26-11-5-10-22-20(23)9-8-15-6-3-4-7-19(15)21/h3-4,6-7,12-14H,5,8-11,21H2,1-2H3,(H,22,23). The van der Waals surface area contributed by atoms with Crippen LogP contribution in [0.15, 0.2) is 42.5 Å². The molecule has 6 nitrogen and oxygen atoms in total. The molecule has 0 radical (unpaired) electrons. The Kier molecular flexibility index (Phi) is 7.61. The predicted molar refractivity (Wildman–Crippen MR) is 102 cm³/mol. The third kappa shape index (κ3) is 6.20. The van der Waals surface area contributed by atoms with Gasteiger partial charge in [-0.3, -0.25) is 4.79 Å². The van der Waals surface area contributed by atoms with E-state index >= 15 is 0 Å². The minimum absolute atomic E-state index is 0.0105. The van der Waals surface area contributed by atoms with Crippen LogP contribution in [-0.2, 0) is 11.2 Å². The van der Waals surface area contributed by atoms with Crippen molar-refractivity contribution in [2.45, 2.75) is 19.3 Å². The lowest BCUT2D eigenvalue weighted by Crippen LogP contribution is -2.25. The molecule has 2 rings (SSSR count). The summed E-state index contributed by atoms with van der Waals surface area (Å²) in [4.78, 5) is 11.9. The van der Waals surface area contributed by atoms with Crippen molar-refractivity contribution in [3.05, 3.63) is 48.0 Å². The number of benzene rings is 2. The average molecular weight is 358 g/mol. The quantitative estimate of drug-likeness (QED) is 0.504. The number of carbonyl (C=O) groups is 1. The molecule has 0 bridgehead atoms. The van der Waals surface area contributed by atoms with Crippen molar-refractivity contribution < 1.29 is 19.0 Å². The summed E-state index contributed by atoms with van der Waals surface area (Å²) in [5.74, 6) is 2.03. The number of para-hydroxylation sites is 1. The van der Waals surface area contributed by atoms with Gasteiger partial charge in [-0.25, -0.2) is 0 Å². The van der Waals surface area contributed by atoms with Gasteiger partial charge in [-0.1, -0.05) is 18.2 Å². The van der Waals surface area contributed by atoms with Gasteiger partial charge in [0, 0.05) is 36.9 Å². The zero-order valence-corrected chi connectivity index (χ0v) is 15.3. The number of anilines is 1. The number of carbonyl (C=O) groups excluding carboxylic acids is 1. The highest BCUT2D eigenvalue weighted by molar-refractivity contribution is 5.76. The Hall–Kier alpha value is -2.89. The molecule has 0 fully saturated rings. The molecule has 0 unspecified atom stereocenters. The molecule has 0 saturated heterocycles. The van der Waals surface area contributed by atoms with Crippen molar-refractivity contribution in [2.75, 3.05) is 33.1 Å². The number of nitrogen functional groups attached to an aromatic ring is 1. The van der Waals surface area contributed by atoms with Crippen molar-refractivity contribution in [1.29, 1.82) is 0 Å². The third-order valence-electron chi connectivity index (χ3n) is 3.91. The Balaban J connectivity index is 1.66. The average Bonchev–Trinajstić information content (AvgIpc) is 2.66. The van der Waals surface area contributed by atoms with Gasteiger partial charge in [-0.15, -0.1) is 0 Å². The zero-order chi connectivity index (χ0) is 18.8. The Morgan fingerprint density at radius 1 is 1.04 bits per heavy atom. The first-order valence-corrected chi connectivity index (χ1v) is 8.58. The summed E-state index contributed by atoms with van der Waals surface area (Å²) in [5, 5.41) is 2.89. The molecule has 0 spiro atoms. The summed E-state index contributed by atoms with van der Waals surface area (Å²) in [6.45, 7) is 1.05. The summed E-state index contributed by atoms with van der Waals surface area (Å²) in [7, 11) is 3.19. The first-order valence-electron chi connectivity index (χ1n) is 8.58. The zero-order valence-electron chi connectivity index (χ0n) is 15.3. The first-order chi connectivity index (χ1) is 12.6. The van der Waals surface area contributed by atoms with Crippen molar-refractivity contribution in [3.63, 3.8) is 0 Å². The summed E-state index contributed by atoms with van der Waals surface area (Å²) >= 11 is 0. The van der Waals surface area contributed by atoms with Crippen LogP contribution in [0.2, 0.25) is 0 Å². The van der Waals surface area contributed by atoms with E-state index in [-0.39, 0.29) is 5.91 Å². The fourth-order valence-corrected chi connectivity index (χ4v) is 2.45. The molecule has 2 aromatic carbocycles. The first kappa shape index (κ1) is 19.4. The van der Waals surface area contributed by atoms with E-state index in [0.29, 0.717) is 49.7 Å². The van der Waals surface area contributed by atoms with E-state index in [1.165, 1.54) is 0 Å². The van der Waals surface area contributed by atoms with Crippen LogP contribution in [-0.4, -0.2) is 33.3 Å². The van der Waals surface area contributed by atoms with Gasteiger partial charge < -0.3 is 25.3 Å². The number of methoxy groups -OCH3 is 2. The molecule has 0 aromatic heterocycles. The molecule has 26 heavy (non-hydrogen) atoms. The Morgan fingerprint density at radius 3 is 2.35 bits per heavy atom. The lowest BCUT2D eigenvalue weighted by Gasteiger charge is -2.11. The van der Waals surface area contributed by atoms with Crippen LogP contribution in [0.5, 0.6) is 17.2 Å². The number of amides is 1. The number of aryl methyl sites for hydroxylation is 1. The second-order valence-electron chi connectivity index (χ2n) is 5.80. The highest BCUT2D eigenvalue weighted by Gasteiger charge is 2.05. The van der Waals surface area contributed by atoms with Crippen molar-refractivity contribution >= 4 is 11.6 Å². The number of rotatable bonds is 10. The highest BCUT2D eigenvalue weighted by Crippen LogP contribution is 2.27. The smallest absolute Gasteiger partial charge is 0.220 e. The molecule has 3 N–H and O–H groups in total.